The van der Waals surface area contributed by atoms with E-state index in [1.807, 2.05) is 42.5 Å². The minimum atomic E-state index is -2.08. The van der Waals surface area contributed by atoms with E-state index in [0.29, 0.717) is 5.69 Å². The number of hydrogen-bond donors (Lipinski definition) is 2. The first kappa shape index (κ1) is 12.8. The fourth-order valence-electron chi connectivity index (χ4n) is 2.36. The third-order valence-corrected chi connectivity index (χ3v) is 3.60. The number of anilines is 1. The summed E-state index contributed by atoms with van der Waals surface area (Å²) in [5, 5.41) is 2.26. The number of hydrogen-bond acceptors (Lipinski definition) is 1. The van der Waals surface area contributed by atoms with Crippen LogP contribution in [0.1, 0.15) is 0 Å². The Balaban J connectivity index is 2.23. The molecule has 0 saturated carbocycles. The Kier molecular flexibility index (Phi) is 3.50. The molecule has 0 aliphatic heterocycles. The molecule has 0 heterocycles. The Morgan fingerprint density at radius 1 is 0.800 bits per heavy atom. The lowest BCUT2D eigenvalue weighted by Gasteiger charge is -2.12. The highest BCUT2D eigenvalue weighted by Gasteiger charge is 2.08. The Hall–Kier alpha value is -2.17. The zero-order valence-electron chi connectivity index (χ0n) is 10.6. The molecule has 0 spiro atoms. The molecule has 2 N–H and O–H groups in total. The smallest absolute Gasteiger partial charge is 0.259 e. The minimum absolute atomic E-state index is 0.643. The molecule has 20 heavy (non-hydrogen) atoms. The van der Waals surface area contributed by atoms with Gasteiger partial charge < -0.3 is 0 Å². The first-order valence-corrected chi connectivity index (χ1v) is 7.31. The monoisotopic (exact) mass is 283 g/mol. The van der Waals surface area contributed by atoms with E-state index in [9.17, 15) is 4.21 Å². The number of benzene rings is 3. The molecule has 100 valence electrons. The normalized spacial score (nSPS) is 12.2. The Labute approximate surface area is 119 Å². The lowest BCUT2D eigenvalue weighted by Crippen LogP contribution is -2.03. The van der Waals surface area contributed by atoms with E-state index < -0.39 is 11.3 Å². The summed E-state index contributed by atoms with van der Waals surface area (Å²) in [6, 6.07) is 21.7. The summed E-state index contributed by atoms with van der Waals surface area (Å²) in [5.41, 5.74) is 2.59. The lowest BCUT2D eigenvalue weighted by molar-refractivity contribution is 0.570. The van der Waals surface area contributed by atoms with Crippen LogP contribution in [-0.4, -0.2) is 8.76 Å². The summed E-state index contributed by atoms with van der Waals surface area (Å²) >= 11 is -2.08. The van der Waals surface area contributed by atoms with E-state index in [0.717, 1.165) is 21.9 Å². The van der Waals surface area contributed by atoms with Crippen LogP contribution in [0.4, 0.5) is 5.69 Å². The molecule has 0 aromatic heterocycles. The highest BCUT2D eigenvalue weighted by atomic mass is 32.2. The maximum Gasteiger partial charge on any atom is 0.259 e. The molecule has 4 heteroatoms. The second-order valence-electron chi connectivity index (χ2n) is 4.42. The summed E-state index contributed by atoms with van der Waals surface area (Å²) in [4.78, 5) is 0. The molecule has 0 bridgehead atoms. The van der Waals surface area contributed by atoms with Crippen LogP contribution in [-0.2, 0) is 11.3 Å². The van der Waals surface area contributed by atoms with Crippen LogP contribution in [0.5, 0.6) is 0 Å². The van der Waals surface area contributed by atoms with Gasteiger partial charge in [0.25, 0.3) is 11.3 Å². The first-order valence-electron chi connectivity index (χ1n) is 6.20. The zero-order chi connectivity index (χ0) is 13.9. The number of nitrogens with one attached hydrogen (secondary N) is 1. The average Bonchev–Trinajstić information content (AvgIpc) is 2.47. The van der Waals surface area contributed by atoms with E-state index in [4.69, 9.17) is 4.55 Å². The van der Waals surface area contributed by atoms with Crippen molar-refractivity contribution in [2.24, 2.45) is 0 Å². The van der Waals surface area contributed by atoms with Crippen molar-refractivity contribution in [2.75, 3.05) is 4.72 Å². The highest BCUT2D eigenvalue weighted by Crippen LogP contribution is 2.33. The predicted molar refractivity (Wildman–Crippen MR) is 83.8 cm³/mol. The van der Waals surface area contributed by atoms with Gasteiger partial charge >= 0.3 is 0 Å². The van der Waals surface area contributed by atoms with Crippen LogP contribution in [0.25, 0.3) is 21.9 Å². The Bertz CT molecular complexity index is 781. The summed E-state index contributed by atoms with van der Waals surface area (Å²) in [5.74, 6) is 0. The number of rotatable bonds is 3. The van der Waals surface area contributed by atoms with Crippen molar-refractivity contribution in [1.29, 1.82) is 0 Å². The molecule has 0 aliphatic rings. The molecular weight excluding hydrogens is 270 g/mol. The van der Waals surface area contributed by atoms with E-state index in [1.165, 1.54) is 0 Å². The second kappa shape index (κ2) is 5.45. The van der Waals surface area contributed by atoms with Gasteiger partial charge in [-0.05, 0) is 22.4 Å². The first-order chi connectivity index (χ1) is 9.75. The topological polar surface area (TPSA) is 49.3 Å². The summed E-state index contributed by atoms with van der Waals surface area (Å²) in [6.07, 6.45) is 0. The molecule has 0 amide bonds. The van der Waals surface area contributed by atoms with E-state index in [2.05, 4.69) is 22.9 Å². The van der Waals surface area contributed by atoms with Crippen molar-refractivity contribution < 1.29 is 8.76 Å². The molecule has 3 aromatic rings. The third-order valence-electron chi connectivity index (χ3n) is 3.20. The maximum atomic E-state index is 11.0. The minimum Gasteiger partial charge on any atom is -0.289 e. The molecule has 3 aromatic carbocycles. The van der Waals surface area contributed by atoms with Gasteiger partial charge in [-0.2, -0.15) is 0 Å². The summed E-state index contributed by atoms with van der Waals surface area (Å²) < 4.78 is 22.6. The molecular formula is C16H13NO2S. The van der Waals surface area contributed by atoms with Crippen molar-refractivity contribution in [3.8, 4) is 11.1 Å². The van der Waals surface area contributed by atoms with Gasteiger partial charge in [-0.3, -0.25) is 9.27 Å². The van der Waals surface area contributed by atoms with Gasteiger partial charge in [0.05, 0.1) is 5.69 Å². The van der Waals surface area contributed by atoms with E-state index >= 15 is 0 Å². The molecule has 0 aliphatic carbocycles. The van der Waals surface area contributed by atoms with Gasteiger partial charge in [-0.25, -0.2) is 4.21 Å². The van der Waals surface area contributed by atoms with Gasteiger partial charge in [0.15, 0.2) is 0 Å². The quantitative estimate of drug-likeness (QED) is 0.712. The third kappa shape index (κ3) is 2.43. The number of fused-ring (bicyclic) bond motifs is 1. The van der Waals surface area contributed by atoms with Crippen molar-refractivity contribution in [3.05, 3.63) is 66.7 Å². The Morgan fingerprint density at radius 2 is 1.45 bits per heavy atom. The fourth-order valence-corrected chi connectivity index (χ4v) is 2.73. The molecule has 3 rings (SSSR count). The fraction of sp³-hybridized carbons (Fsp3) is 0. The van der Waals surface area contributed by atoms with Crippen molar-refractivity contribution in [2.45, 2.75) is 0 Å². The second-order valence-corrected chi connectivity index (χ2v) is 5.13. The summed E-state index contributed by atoms with van der Waals surface area (Å²) in [6.45, 7) is 0. The maximum absolute atomic E-state index is 11.0. The van der Waals surface area contributed by atoms with Crippen molar-refractivity contribution >= 4 is 27.7 Å². The summed E-state index contributed by atoms with van der Waals surface area (Å²) in [7, 11) is 0. The van der Waals surface area contributed by atoms with Crippen LogP contribution in [0.3, 0.4) is 0 Å². The van der Waals surface area contributed by atoms with Crippen LogP contribution in [0, 0.1) is 0 Å². The standard InChI is InChI=1S/C16H13NO2S/c18-20(19)17-16-11-4-3-9-15(16)14-10-5-7-12-6-1-2-8-13(12)14/h1-11,17H,(H,18,19). The van der Waals surface area contributed by atoms with Crippen LogP contribution >= 0.6 is 0 Å². The van der Waals surface area contributed by atoms with Gasteiger partial charge in [0.2, 0.25) is 0 Å². The molecule has 0 saturated heterocycles. The molecule has 0 fully saturated rings. The lowest BCUT2D eigenvalue weighted by atomic mass is 9.97. The van der Waals surface area contributed by atoms with Crippen molar-refractivity contribution in [1.82, 2.24) is 0 Å². The molecule has 0 radical (unpaired) electrons. The molecule has 3 nitrogen and oxygen atoms in total. The van der Waals surface area contributed by atoms with Gasteiger partial charge in [-0.1, -0.05) is 60.7 Å². The zero-order valence-corrected chi connectivity index (χ0v) is 11.4. The van der Waals surface area contributed by atoms with E-state index in [-0.39, 0.29) is 0 Å². The largest absolute Gasteiger partial charge is 0.289 e. The van der Waals surface area contributed by atoms with Gasteiger partial charge in [0.1, 0.15) is 0 Å². The molecule has 1 atom stereocenters. The highest BCUT2D eigenvalue weighted by molar-refractivity contribution is 7.80. The Morgan fingerprint density at radius 3 is 2.30 bits per heavy atom. The van der Waals surface area contributed by atoms with Crippen LogP contribution in [0.15, 0.2) is 66.7 Å². The van der Waals surface area contributed by atoms with Gasteiger partial charge in [-0.15, -0.1) is 0 Å². The van der Waals surface area contributed by atoms with Crippen molar-refractivity contribution in [3.63, 3.8) is 0 Å². The SMILES string of the molecule is O=S(O)Nc1ccccc1-c1cccc2ccccc12. The van der Waals surface area contributed by atoms with Crippen LogP contribution in [0.2, 0.25) is 0 Å². The molecule has 1 unspecified atom stereocenters. The average molecular weight is 283 g/mol. The number of para-hydroxylation sites is 1. The predicted octanol–water partition coefficient (Wildman–Crippen LogP) is 4.06. The van der Waals surface area contributed by atoms with E-state index in [1.54, 1.807) is 6.07 Å². The van der Waals surface area contributed by atoms with Gasteiger partial charge in [0, 0.05) is 5.56 Å². The van der Waals surface area contributed by atoms with Crippen LogP contribution < -0.4 is 4.72 Å².